The van der Waals surface area contributed by atoms with Crippen molar-refractivity contribution in [3.63, 3.8) is 0 Å². The Balaban J connectivity index is 1.57. The zero-order valence-corrected chi connectivity index (χ0v) is 23.4. The third-order valence-corrected chi connectivity index (χ3v) is 7.92. The van der Waals surface area contributed by atoms with E-state index in [1.807, 2.05) is 0 Å². The number of carbonyl (C=O) groups is 2. The molecule has 3 heterocycles. The molecule has 0 bridgehead atoms. The maximum absolute atomic E-state index is 13.4. The van der Waals surface area contributed by atoms with Crippen LogP contribution in [-0.2, 0) is 4.43 Å². The van der Waals surface area contributed by atoms with Gasteiger partial charge in [-0.1, -0.05) is 34.2 Å². The van der Waals surface area contributed by atoms with Crippen molar-refractivity contribution < 1.29 is 23.8 Å². The summed E-state index contributed by atoms with van der Waals surface area (Å²) in [5.41, 5.74) is 2.13. The molecule has 0 saturated heterocycles. The lowest BCUT2D eigenvalue weighted by Gasteiger charge is -2.28. The van der Waals surface area contributed by atoms with Crippen molar-refractivity contribution in [1.29, 1.82) is 0 Å². The number of urea groups is 1. The summed E-state index contributed by atoms with van der Waals surface area (Å²) >= 11 is 9.95. The molecule has 13 heteroatoms. The largest absolute Gasteiger partial charge is 0.496 e. The number of nitrogens with one attached hydrogen (secondary N) is 2. The van der Waals surface area contributed by atoms with Gasteiger partial charge in [-0.3, -0.25) is 4.79 Å². The summed E-state index contributed by atoms with van der Waals surface area (Å²) in [5, 5.41) is 6.58. The fraction of sp³-hybridized carbons (Fsp3) is 0.167. The Morgan fingerprint density at radius 2 is 1.86 bits per heavy atom. The van der Waals surface area contributed by atoms with Gasteiger partial charge >= 0.3 is 6.03 Å². The van der Waals surface area contributed by atoms with Crippen LogP contribution in [0.3, 0.4) is 0 Å². The first-order valence-corrected chi connectivity index (χ1v) is 13.5. The highest BCUT2D eigenvalue weighted by Crippen LogP contribution is 2.47. The number of amides is 3. The van der Waals surface area contributed by atoms with E-state index in [9.17, 15) is 9.59 Å². The molecule has 2 aromatic carbocycles. The number of halogens is 2. The van der Waals surface area contributed by atoms with Gasteiger partial charge in [-0.05, 0) is 18.2 Å². The van der Waals surface area contributed by atoms with Crippen LogP contribution in [-0.4, -0.2) is 43.2 Å². The zero-order chi connectivity index (χ0) is 26.3. The summed E-state index contributed by atoms with van der Waals surface area (Å²) < 4.78 is 16.7. The van der Waals surface area contributed by atoms with Crippen LogP contribution >= 0.6 is 45.5 Å². The van der Waals surface area contributed by atoms with Gasteiger partial charge in [-0.15, -0.1) is 11.3 Å². The average molecular weight is 652 g/mol. The lowest BCUT2D eigenvalue weighted by Crippen LogP contribution is -2.35. The first-order chi connectivity index (χ1) is 17.9. The van der Waals surface area contributed by atoms with Gasteiger partial charge in [-0.25, -0.2) is 19.7 Å². The predicted octanol–water partition coefficient (Wildman–Crippen LogP) is 6.24. The Kier molecular flexibility index (Phi) is 6.96. The minimum Gasteiger partial charge on any atom is -0.496 e. The van der Waals surface area contributed by atoms with Crippen LogP contribution in [0.1, 0.15) is 15.2 Å². The molecule has 10 nitrogen and oxygen atoms in total. The van der Waals surface area contributed by atoms with E-state index >= 15 is 0 Å². The lowest BCUT2D eigenvalue weighted by molar-refractivity contribution is 0.103. The molecule has 1 aliphatic rings. The molecule has 0 aliphatic carbocycles. The van der Waals surface area contributed by atoms with Gasteiger partial charge in [0.1, 0.15) is 21.8 Å². The fourth-order valence-corrected chi connectivity index (χ4v) is 5.86. The van der Waals surface area contributed by atoms with E-state index in [4.69, 9.17) is 25.8 Å². The minimum atomic E-state index is -0.516. The molecule has 0 fully saturated rings. The Morgan fingerprint density at radius 1 is 1.11 bits per heavy atom. The number of carbonyl (C=O) groups excluding carboxylic acids is 2. The van der Waals surface area contributed by atoms with Crippen molar-refractivity contribution in [3.8, 4) is 17.2 Å². The maximum atomic E-state index is 13.4. The molecule has 0 spiro atoms. The zero-order valence-electron chi connectivity index (χ0n) is 19.7. The SMILES string of the molecule is COc1cc(N2C(=O)Nc3c(C(=O)Nc4ccc(OC)c(OC)c4)sc4ncnc2c34)c(Cl)cc1CI. The van der Waals surface area contributed by atoms with Crippen molar-refractivity contribution in [2.45, 2.75) is 4.43 Å². The van der Waals surface area contributed by atoms with Crippen molar-refractivity contribution >= 4 is 90.6 Å². The van der Waals surface area contributed by atoms with Crippen LogP contribution in [0.4, 0.5) is 27.7 Å². The van der Waals surface area contributed by atoms with Crippen molar-refractivity contribution in [3.05, 3.63) is 52.1 Å². The summed E-state index contributed by atoms with van der Waals surface area (Å²) in [6.07, 6.45) is 1.35. The highest BCUT2D eigenvalue weighted by molar-refractivity contribution is 14.1. The number of thiophene rings is 1. The van der Waals surface area contributed by atoms with Crippen LogP contribution < -0.4 is 29.7 Å². The van der Waals surface area contributed by atoms with Gasteiger partial charge in [0.05, 0.1) is 43.1 Å². The van der Waals surface area contributed by atoms with Gasteiger partial charge in [-0.2, -0.15) is 0 Å². The third-order valence-electron chi connectivity index (χ3n) is 5.70. The molecule has 0 atom stereocenters. The first kappa shape index (κ1) is 25.3. The maximum Gasteiger partial charge on any atom is 0.332 e. The minimum absolute atomic E-state index is 0.281. The van der Waals surface area contributed by atoms with E-state index in [2.05, 4.69) is 43.2 Å². The van der Waals surface area contributed by atoms with Crippen molar-refractivity contribution in [2.75, 3.05) is 36.9 Å². The molecule has 1 aliphatic heterocycles. The Morgan fingerprint density at radius 3 is 2.57 bits per heavy atom. The fourth-order valence-electron chi connectivity index (χ4n) is 4.00. The van der Waals surface area contributed by atoms with E-state index < -0.39 is 11.9 Å². The standard InChI is InChI=1S/C24H19ClIN5O5S/c1-34-15-5-4-12(7-17(15)36-3)29-22(32)20-19-18-21(27-10-28-23(18)37-20)31(24(33)30-19)14-8-16(35-2)11(9-26)6-13(14)25/h4-8,10H,9H2,1-3H3,(H,29,32)(H,30,33). The molecule has 5 rings (SSSR count). The molecule has 4 aromatic rings. The van der Waals surface area contributed by atoms with Crippen LogP contribution in [0.5, 0.6) is 17.2 Å². The molecular formula is C24H19ClIN5O5S. The number of anilines is 4. The average Bonchev–Trinajstić information content (AvgIpc) is 3.28. The Hall–Kier alpha value is -3.36. The second-order valence-electron chi connectivity index (χ2n) is 7.72. The number of methoxy groups -OCH3 is 3. The number of ether oxygens (including phenoxy) is 3. The molecule has 190 valence electrons. The normalized spacial score (nSPS) is 12.4. The number of rotatable bonds is 7. The Labute approximate surface area is 234 Å². The Bertz CT molecular complexity index is 1560. The molecule has 3 amide bonds. The third kappa shape index (κ3) is 4.38. The predicted molar refractivity (Wildman–Crippen MR) is 152 cm³/mol. The van der Waals surface area contributed by atoms with Crippen LogP contribution in [0.15, 0.2) is 36.7 Å². The number of alkyl halides is 1. The van der Waals surface area contributed by atoms with Crippen molar-refractivity contribution in [2.24, 2.45) is 0 Å². The molecule has 2 aromatic heterocycles. The summed E-state index contributed by atoms with van der Waals surface area (Å²) in [6, 6.07) is 7.98. The number of benzene rings is 2. The molecule has 0 unspecified atom stereocenters. The number of nitrogens with zero attached hydrogens (tertiary/aromatic N) is 3. The van der Waals surface area contributed by atoms with Crippen LogP contribution in [0.25, 0.3) is 10.2 Å². The lowest BCUT2D eigenvalue weighted by atomic mass is 10.1. The second kappa shape index (κ2) is 10.2. The van der Waals surface area contributed by atoms with E-state index in [1.165, 1.54) is 25.4 Å². The van der Waals surface area contributed by atoms with E-state index in [0.717, 1.165) is 16.9 Å². The first-order valence-electron chi connectivity index (χ1n) is 10.7. The van der Waals surface area contributed by atoms with Crippen LogP contribution in [0, 0.1) is 0 Å². The summed E-state index contributed by atoms with van der Waals surface area (Å²) in [5.74, 6) is 1.49. The van der Waals surface area contributed by atoms with Gasteiger partial charge in [0.25, 0.3) is 5.91 Å². The molecule has 2 N–H and O–H groups in total. The monoisotopic (exact) mass is 651 g/mol. The van der Waals surface area contributed by atoms with Crippen LogP contribution in [0.2, 0.25) is 5.02 Å². The van der Waals surface area contributed by atoms with Gasteiger partial charge < -0.3 is 24.8 Å². The molecular weight excluding hydrogens is 633 g/mol. The smallest absolute Gasteiger partial charge is 0.332 e. The van der Waals surface area contributed by atoms with Gasteiger partial charge in [0.15, 0.2) is 17.3 Å². The number of hydrogen-bond donors (Lipinski definition) is 2. The summed E-state index contributed by atoms with van der Waals surface area (Å²) in [4.78, 5) is 37.6. The molecule has 37 heavy (non-hydrogen) atoms. The summed E-state index contributed by atoms with van der Waals surface area (Å²) in [7, 11) is 4.60. The second-order valence-corrected chi connectivity index (χ2v) is 9.89. The topological polar surface area (TPSA) is 115 Å². The van der Waals surface area contributed by atoms with E-state index in [1.54, 1.807) is 37.4 Å². The van der Waals surface area contributed by atoms with E-state index in [0.29, 0.717) is 59.8 Å². The number of aromatic nitrogens is 2. The number of hydrogen-bond acceptors (Lipinski definition) is 8. The van der Waals surface area contributed by atoms with Gasteiger partial charge in [0.2, 0.25) is 0 Å². The highest BCUT2D eigenvalue weighted by atomic mass is 127. The van der Waals surface area contributed by atoms with E-state index in [-0.39, 0.29) is 4.88 Å². The molecule has 0 radical (unpaired) electrons. The highest BCUT2D eigenvalue weighted by Gasteiger charge is 2.35. The summed E-state index contributed by atoms with van der Waals surface area (Å²) in [6.45, 7) is 0. The quantitative estimate of drug-likeness (QED) is 0.180. The van der Waals surface area contributed by atoms with Crippen molar-refractivity contribution in [1.82, 2.24) is 9.97 Å². The van der Waals surface area contributed by atoms with Gasteiger partial charge in [0, 0.05) is 27.8 Å². The molecule has 0 saturated carbocycles.